The van der Waals surface area contributed by atoms with Crippen molar-refractivity contribution in [1.29, 1.82) is 0 Å². The van der Waals surface area contributed by atoms with E-state index in [0.29, 0.717) is 0 Å². The minimum absolute atomic E-state index is 0.0563. The molecule has 0 saturated heterocycles. The van der Waals surface area contributed by atoms with Gasteiger partial charge in [0, 0.05) is 6.07 Å². The first-order valence-corrected chi connectivity index (χ1v) is 6.18. The lowest BCUT2D eigenvalue weighted by Gasteiger charge is -2.13. The van der Waals surface area contributed by atoms with Crippen molar-refractivity contribution < 1.29 is 32.3 Å². The Kier molecular flexibility index (Phi) is 3.95. The van der Waals surface area contributed by atoms with Crippen LogP contribution in [0.4, 0.5) is 13.2 Å². The molecule has 2 aromatic rings. The van der Waals surface area contributed by atoms with Crippen molar-refractivity contribution in [1.82, 2.24) is 5.16 Å². The number of carboxylic acid groups (broad SMARTS) is 1. The fraction of sp³-hybridized carbons (Fsp3) is 0.167. The van der Waals surface area contributed by atoms with Gasteiger partial charge in [0.1, 0.15) is 5.75 Å². The van der Waals surface area contributed by atoms with Gasteiger partial charge in [0.15, 0.2) is 11.5 Å². The van der Waals surface area contributed by atoms with Crippen molar-refractivity contribution in [3.63, 3.8) is 0 Å². The summed E-state index contributed by atoms with van der Waals surface area (Å²) in [5.41, 5.74) is -1.40. The molecule has 0 aliphatic heterocycles. The van der Waals surface area contributed by atoms with Gasteiger partial charge in [-0.05, 0) is 28.1 Å². The van der Waals surface area contributed by atoms with Crippen molar-refractivity contribution in [3.05, 3.63) is 33.9 Å². The summed E-state index contributed by atoms with van der Waals surface area (Å²) >= 11 is 2.98. The topological polar surface area (TPSA) is 72.6 Å². The molecular formula is C12H7BrF3NO4. The lowest BCUT2D eigenvalue weighted by molar-refractivity contribution is -0.137. The van der Waals surface area contributed by atoms with Crippen LogP contribution in [0.3, 0.4) is 0 Å². The summed E-state index contributed by atoms with van der Waals surface area (Å²) in [4.78, 5) is 10.8. The zero-order chi connectivity index (χ0) is 15.8. The van der Waals surface area contributed by atoms with Gasteiger partial charge in [-0.1, -0.05) is 5.16 Å². The van der Waals surface area contributed by atoms with E-state index in [1.165, 1.54) is 7.11 Å². The van der Waals surface area contributed by atoms with Crippen LogP contribution in [0.2, 0.25) is 0 Å². The predicted molar refractivity (Wildman–Crippen MR) is 68.2 cm³/mol. The SMILES string of the molecule is COc1c(Br)cc(C(F)(F)F)cc1-c1cc(C(=O)O)no1. The summed E-state index contributed by atoms with van der Waals surface area (Å²) in [6.07, 6.45) is -4.57. The molecule has 0 aliphatic carbocycles. The van der Waals surface area contributed by atoms with Crippen LogP contribution in [0, 0.1) is 0 Å². The van der Waals surface area contributed by atoms with E-state index in [0.717, 1.165) is 18.2 Å². The van der Waals surface area contributed by atoms with Crippen LogP contribution in [-0.4, -0.2) is 23.3 Å². The van der Waals surface area contributed by atoms with Gasteiger partial charge in [0.2, 0.25) is 0 Å². The number of nitrogens with zero attached hydrogens (tertiary/aromatic N) is 1. The molecule has 1 heterocycles. The van der Waals surface area contributed by atoms with Crippen LogP contribution >= 0.6 is 15.9 Å². The molecule has 0 fully saturated rings. The molecule has 112 valence electrons. The van der Waals surface area contributed by atoms with Crippen molar-refractivity contribution in [3.8, 4) is 17.1 Å². The fourth-order valence-electron chi connectivity index (χ4n) is 1.65. The van der Waals surface area contributed by atoms with E-state index in [1.54, 1.807) is 0 Å². The lowest BCUT2D eigenvalue weighted by atomic mass is 10.1. The normalized spacial score (nSPS) is 11.5. The highest BCUT2D eigenvalue weighted by Gasteiger charge is 2.33. The summed E-state index contributed by atoms with van der Waals surface area (Å²) in [5.74, 6) is -1.41. The number of carboxylic acids is 1. The molecular weight excluding hydrogens is 359 g/mol. The summed E-state index contributed by atoms with van der Waals surface area (Å²) in [5, 5.41) is 12.0. The van der Waals surface area contributed by atoms with E-state index < -0.39 is 23.4 Å². The molecule has 0 amide bonds. The molecule has 0 aliphatic rings. The minimum Gasteiger partial charge on any atom is -0.495 e. The second kappa shape index (κ2) is 5.40. The molecule has 5 nitrogen and oxygen atoms in total. The number of hydrogen-bond acceptors (Lipinski definition) is 4. The number of rotatable bonds is 3. The van der Waals surface area contributed by atoms with Crippen LogP contribution < -0.4 is 4.74 Å². The summed E-state index contributed by atoms with van der Waals surface area (Å²) in [7, 11) is 1.27. The molecule has 21 heavy (non-hydrogen) atoms. The number of hydrogen-bond donors (Lipinski definition) is 1. The first-order chi connectivity index (χ1) is 9.74. The van der Waals surface area contributed by atoms with Gasteiger partial charge >= 0.3 is 12.1 Å². The number of carbonyl (C=O) groups is 1. The molecule has 9 heteroatoms. The second-order valence-corrected chi connectivity index (χ2v) is 4.77. The van der Waals surface area contributed by atoms with E-state index >= 15 is 0 Å². The van der Waals surface area contributed by atoms with E-state index in [9.17, 15) is 18.0 Å². The Hall–Kier alpha value is -2.03. The maximum atomic E-state index is 12.8. The van der Waals surface area contributed by atoms with Crippen molar-refractivity contribution >= 4 is 21.9 Å². The van der Waals surface area contributed by atoms with Gasteiger partial charge in [-0.25, -0.2) is 4.79 Å². The van der Waals surface area contributed by atoms with Crippen LogP contribution in [0.15, 0.2) is 27.2 Å². The molecule has 0 bridgehead atoms. The third-order valence-electron chi connectivity index (χ3n) is 2.57. The number of benzene rings is 1. The molecule has 0 saturated carbocycles. The van der Waals surface area contributed by atoms with Crippen LogP contribution in [0.25, 0.3) is 11.3 Å². The van der Waals surface area contributed by atoms with Gasteiger partial charge in [0.05, 0.1) is 22.7 Å². The van der Waals surface area contributed by atoms with Gasteiger partial charge in [-0.15, -0.1) is 0 Å². The average molecular weight is 366 g/mol. The Balaban J connectivity index is 2.64. The van der Waals surface area contributed by atoms with Crippen molar-refractivity contribution in [2.75, 3.05) is 7.11 Å². The zero-order valence-corrected chi connectivity index (χ0v) is 11.9. The van der Waals surface area contributed by atoms with Crippen LogP contribution in [0.1, 0.15) is 16.1 Å². The number of aromatic carboxylic acids is 1. The molecule has 1 N–H and O–H groups in total. The predicted octanol–water partition coefficient (Wildman–Crippen LogP) is 3.83. The third kappa shape index (κ3) is 3.02. The molecule has 2 rings (SSSR count). The van der Waals surface area contributed by atoms with Crippen molar-refractivity contribution in [2.24, 2.45) is 0 Å². The van der Waals surface area contributed by atoms with Gasteiger partial charge < -0.3 is 14.4 Å². The highest BCUT2D eigenvalue weighted by molar-refractivity contribution is 9.10. The minimum atomic E-state index is -4.57. The highest BCUT2D eigenvalue weighted by Crippen LogP contribution is 2.42. The maximum Gasteiger partial charge on any atom is 0.416 e. The first kappa shape index (κ1) is 15.4. The van der Waals surface area contributed by atoms with E-state index in [4.69, 9.17) is 14.4 Å². The molecule has 0 unspecified atom stereocenters. The van der Waals surface area contributed by atoms with Gasteiger partial charge in [0.25, 0.3) is 0 Å². The number of alkyl halides is 3. The zero-order valence-electron chi connectivity index (χ0n) is 10.4. The Morgan fingerprint density at radius 3 is 2.52 bits per heavy atom. The molecule has 1 aromatic carbocycles. The van der Waals surface area contributed by atoms with E-state index in [2.05, 4.69) is 21.1 Å². The maximum absolute atomic E-state index is 12.8. The van der Waals surface area contributed by atoms with Crippen molar-refractivity contribution in [2.45, 2.75) is 6.18 Å². The fourth-order valence-corrected chi connectivity index (χ4v) is 2.27. The first-order valence-electron chi connectivity index (χ1n) is 5.39. The van der Waals surface area contributed by atoms with Crippen LogP contribution in [-0.2, 0) is 6.18 Å². The Labute approximate surface area is 124 Å². The second-order valence-electron chi connectivity index (χ2n) is 3.92. The summed E-state index contributed by atoms with van der Waals surface area (Å²) < 4.78 is 48.3. The van der Waals surface area contributed by atoms with E-state index in [-0.39, 0.29) is 21.5 Å². The lowest BCUT2D eigenvalue weighted by Crippen LogP contribution is -2.06. The summed E-state index contributed by atoms with van der Waals surface area (Å²) in [6, 6.07) is 2.68. The van der Waals surface area contributed by atoms with Gasteiger partial charge in [-0.3, -0.25) is 0 Å². The molecule has 0 atom stereocenters. The average Bonchev–Trinajstić information content (AvgIpc) is 2.86. The van der Waals surface area contributed by atoms with Gasteiger partial charge in [-0.2, -0.15) is 13.2 Å². The highest BCUT2D eigenvalue weighted by atomic mass is 79.9. The number of ether oxygens (including phenoxy) is 1. The quantitative estimate of drug-likeness (QED) is 0.894. The Bertz CT molecular complexity index is 696. The standard InChI is InChI=1S/C12H7BrF3NO4/c1-20-10-6(9-4-8(11(18)19)17-21-9)2-5(3-7(10)13)12(14,15)16/h2-4H,1H3,(H,18,19). The Morgan fingerprint density at radius 1 is 1.38 bits per heavy atom. The summed E-state index contributed by atoms with van der Waals surface area (Å²) in [6.45, 7) is 0. The number of aromatic nitrogens is 1. The third-order valence-corrected chi connectivity index (χ3v) is 3.16. The molecule has 0 radical (unpaired) electrons. The smallest absolute Gasteiger partial charge is 0.416 e. The molecule has 1 aromatic heterocycles. The monoisotopic (exact) mass is 365 g/mol. The largest absolute Gasteiger partial charge is 0.495 e. The Morgan fingerprint density at radius 2 is 2.05 bits per heavy atom. The number of methoxy groups -OCH3 is 1. The molecule has 0 spiro atoms. The number of halogens is 4. The van der Waals surface area contributed by atoms with E-state index in [1.807, 2.05) is 0 Å². The van der Waals surface area contributed by atoms with Crippen LogP contribution in [0.5, 0.6) is 5.75 Å².